The molecule has 1 aliphatic carbocycles. The monoisotopic (exact) mass is 518 g/mol. The summed E-state index contributed by atoms with van der Waals surface area (Å²) in [4.78, 5) is 19.6. The van der Waals surface area contributed by atoms with E-state index in [1.54, 1.807) is 25.4 Å². The number of piperidine rings is 1. The van der Waals surface area contributed by atoms with Crippen LogP contribution < -0.4 is 16.0 Å². The minimum Gasteiger partial charge on any atom is -0.497 e. The Morgan fingerprint density at radius 2 is 2.11 bits per heavy atom. The summed E-state index contributed by atoms with van der Waals surface area (Å²) >= 11 is 2.07. The fourth-order valence-corrected chi connectivity index (χ4v) is 7.12. The number of nitrogens with one attached hydrogen (secondary N) is 1. The number of amides is 1. The molecule has 1 aliphatic heterocycles. The van der Waals surface area contributed by atoms with E-state index in [0.29, 0.717) is 47.0 Å². The zero-order valence-electron chi connectivity index (χ0n) is 21.2. The lowest BCUT2D eigenvalue weighted by Gasteiger charge is -2.40. The number of nitrogens with two attached hydrogens (primary N) is 1. The average molecular weight is 519 g/mol. The highest BCUT2D eigenvalue weighted by Crippen LogP contribution is 2.41. The van der Waals surface area contributed by atoms with Crippen molar-refractivity contribution in [1.29, 1.82) is 0 Å². The Hall–Kier alpha value is -1.94. The summed E-state index contributed by atoms with van der Waals surface area (Å²) in [5.41, 5.74) is 8.87. The Morgan fingerprint density at radius 3 is 2.78 bits per heavy atom. The highest BCUT2D eigenvalue weighted by atomic mass is 32.2. The normalized spacial score (nSPS) is 19.4. The number of rotatable bonds is 11. The van der Waals surface area contributed by atoms with Gasteiger partial charge in [0.05, 0.1) is 18.0 Å². The summed E-state index contributed by atoms with van der Waals surface area (Å²) in [6, 6.07) is 5.41. The molecule has 36 heavy (non-hydrogen) atoms. The molecule has 7 nitrogen and oxygen atoms in total. The van der Waals surface area contributed by atoms with Gasteiger partial charge in [0.2, 0.25) is 5.91 Å². The molecule has 4 rings (SSSR count). The quantitative estimate of drug-likeness (QED) is 0.291. The number of hydroxylamine groups is 1. The van der Waals surface area contributed by atoms with E-state index in [4.69, 9.17) is 10.5 Å². The molecule has 1 aromatic heterocycles. The third-order valence-corrected chi connectivity index (χ3v) is 9.43. The standard InChI is InChI=1S/C27H39FN4O3S/c1-35-20-6-7-24-22(16-20)25(19(17-29)18-30-24)23(28)8-9-27(26(33)31-34)10-12-32(13-11-27)14-15-36-21-4-2-3-5-21/h6-7,16,18,21,23,34H,2-5,8-15,17,29H2,1H3,(H,31,33)/t23-/m1/s1. The van der Waals surface area contributed by atoms with Crippen molar-refractivity contribution in [2.45, 2.75) is 69.3 Å². The number of benzene rings is 1. The molecule has 0 radical (unpaired) electrons. The fraction of sp³-hybridized carbons (Fsp3) is 0.630. The molecule has 1 amide bonds. The first-order valence-electron chi connectivity index (χ1n) is 13.1. The van der Waals surface area contributed by atoms with Crippen molar-refractivity contribution in [3.05, 3.63) is 35.5 Å². The minimum atomic E-state index is -1.31. The van der Waals surface area contributed by atoms with Crippen molar-refractivity contribution in [1.82, 2.24) is 15.4 Å². The van der Waals surface area contributed by atoms with Crippen LogP contribution in [0, 0.1) is 5.41 Å². The molecule has 1 saturated heterocycles. The van der Waals surface area contributed by atoms with E-state index in [9.17, 15) is 10.0 Å². The Bertz CT molecular complexity index is 1020. The second-order valence-corrected chi connectivity index (χ2v) is 11.5. The van der Waals surface area contributed by atoms with Crippen LogP contribution in [-0.4, -0.2) is 58.7 Å². The molecule has 1 saturated carbocycles. The highest BCUT2D eigenvalue weighted by Gasteiger charge is 2.41. The molecule has 4 N–H and O–H groups in total. The maximum Gasteiger partial charge on any atom is 0.249 e. The first-order valence-corrected chi connectivity index (χ1v) is 14.1. The number of methoxy groups -OCH3 is 1. The summed E-state index contributed by atoms with van der Waals surface area (Å²) < 4.78 is 21.2. The molecular weight excluding hydrogens is 479 g/mol. The van der Waals surface area contributed by atoms with Gasteiger partial charge in [0.25, 0.3) is 0 Å². The number of carbonyl (C=O) groups excluding carboxylic acids is 1. The zero-order chi connectivity index (χ0) is 25.5. The third-order valence-electron chi connectivity index (χ3n) is 8.07. The van der Waals surface area contributed by atoms with Crippen molar-refractivity contribution < 1.29 is 19.1 Å². The summed E-state index contributed by atoms with van der Waals surface area (Å²) in [6.45, 7) is 2.73. The summed E-state index contributed by atoms with van der Waals surface area (Å²) in [6.07, 6.45) is 7.41. The van der Waals surface area contributed by atoms with E-state index in [0.717, 1.165) is 30.6 Å². The number of likely N-dealkylation sites (tertiary alicyclic amines) is 1. The minimum absolute atomic E-state index is 0.161. The van der Waals surface area contributed by atoms with E-state index in [-0.39, 0.29) is 13.0 Å². The number of ether oxygens (including phenoxy) is 1. The SMILES string of the molecule is COc1ccc2ncc(CN)c([C@H](F)CCC3(C(=O)NO)CCN(CCSC4CCCC4)CC3)c2c1. The van der Waals surface area contributed by atoms with Gasteiger partial charge < -0.3 is 15.4 Å². The van der Waals surface area contributed by atoms with Crippen LogP contribution in [0.2, 0.25) is 0 Å². The fourth-order valence-electron chi connectivity index (χ4n) is 5.76. The van der Waals surface area contributed by atoms with Gasteiger partial charge in [-0.05, 0) is 75.4 Å². The van der Waals surface area contributed by atoms with Gasteiger partial charge >= 0.3 is 0 Å². The van der Waals surface area contributed by atoms with Crippen molar-refractivity contribution in [3.8, 4) is 5.75 Å². The molecule has 1 atom stereocenters. The van der Waals surface area contributed by atoms with Crippen LogP contribution in [0.25, 0.3) is 10.9 Å². The van der Waals surface area contributed by atoms with Gasteiger partial charge in [0, 0.05) is 41.2 Å². The molecule has 0 bridgehead atoms. The maximum atomic E-state index is 15.9. The van der Waals surface area contributed by atoms with Crippen LogP contribution >= 0.6 is 11.8 Å². The number of alkyl halides is 1. The topological polar surface area (TPSA) is 101 Å². The van der Waals surface area contributed by atoms with Crippen LogP contribution in [0.4, 0.5) is 4.39 Å². The maximum absolute atomic E-state index is 15.9. The van der Waals surface area contributed by atoms with Crippen LogP contribution in [0.1, 0.15) is 68.7 Å². The van der Waals surface area contributed by atoms with Gasteiger partial charge in [-0.3, -0.25) is 15.0 Å². The number of aromatic nitrogens is 1. The Balaban J connectivity index is 1.42. The Labute approximate surface area is 217 Å². The molecule has 2 heterocycles. The summed E-state index contributed by atoms with van der Waals surface area (Å²) in [5.74, 6) is 1.33. The number of thioether (sulfide) groups is 1. The lowest BCUT2D eigenvalue weighted by atomic mass is 9.73. The molecule has 0 spiro atoms. The average Bonchev–Trinajstić information content (AvgIpc) is 3.44. The molecular formula is C27H39FN4O3S. The summed E-state index contributed by atoms with van der Waals surface area (Å²) in [7, 11) is 1.57. The smallest absolute Gasteiger partial charge is 0.249 e. The van der Waals surface area contributed by atoms with Crippen LogP contribution in [0.3, 0.4) is 0 Å². The lowest BCUT2D eigenvalue weighted by molar-refractivity contribution is -0.143. The van der Waals surface area contributed by atoms with Gasteiger partial charge in [-0.15, -0.1) is 0 Å². The number of hydrogen-bond acceptors (Lipinski definition) is 7. The molecule has 0 unspecified atom stereocenters. The number of halogens is 1. The van der Waals surface area contributed by atoms with Gasteiger partial charge in [-0.25, -0.2) is 9.87 Å². The number of nitrogens with zero attached hydrogens (tertiary/aromatic N) is 2. The largest absolute Gasteiger partial charge is 0.497 e. The Kier molecular flexibility index (Phi) is 9.44. The van der Waals surface area contributed by atoms with E-state index >= 15 is 4.39 Å². The summed E-state index contributed by atoms with van der Waals surface area (Å²) in [5, 5.41) is 11.0. The van der Waals surface area contributed by atoms with Crippen LogP contribution in [0.5, 0.6) is 5.75 Å². The zero-order valence-corrected chi connectivity index (χ0v) is 22.0. The second-order valence-electron chi connectivity index (χ2n) is 10.1. The van der Waals surface area contributed by atoms with E-state index in [1.165, 1.54) is 25.7 Å². The first kappa shape index (κ1) is 27.1. The first-order chi connectivity index (χ1) is 17.5. The van der Waals surface area contributed by atoms with Gasteiger partial charge in [0.1, 0.15) is 11.9 Å². The van der Waals surface area contributed by atoms with E-state index in [1.807, 2.05) is 11.5 Å². The molecule has 2 aliphatic rings. The highest BCUT2D eigenvalue weighted by molar-refractivity contribution is 7.99. The molecule has 2 fully saturated rings. The van der Waals surface area contributed by atoms with Crippen molar-refractivity contribution in [2.24, 2.45) is 11.1 Å². The number of carbonyl (C=O) groups is 1. The molecule has 9 heteroatoms. The second kappa shape index (κ2) is 12.5. The predicted octanol–water partition coefficient (Wildman–Crippen LogP) is 4.76. The van der Waals surface area contributed by atoms with Crippen LogP contribution in [-0.2, 0) is 11.3 Å². The van der Waals surface area contributed by atoms with E-state index < -0.39 is 17.5 Å². The lowest BCUT2D eigenvalue weighted by Crippen LogP contribution is -2.48. The van der Waals surface area contributed by atoms with E-state index in [2.05, 4.69) is 21.6 Å². The molecule has 198 valence electrons. The van der Waals surface area contributed by atoms with Gasteiger partial charge in [-0.1, -0.05) is 12.8 Å². The number of hydrogen-bond donors (Lipinski definition) is 3. The van der Waals surface area contributed by atoms with Gasteiger partial charge in [0.15, 0.2) is 0 Å². The third kappa shape index (κ3) is 6.13. The molecule has 2 aromatic rings. The van der Waals surface area contributed by atoms with Crippen LogP contribution in [0.15, 0.2) is 24.4 Å². The predicted molar refractivity (Wildman–Crippen MR) is 142 cm³/mol. The molecule has 1 aromatic carbocycles. The number of fused-ring (bicyclic) bond motifs is 1. The van der Waals surface area contributed by atoms with Crippen molar-refractivity contribution in [2.75, 3.05) is 32.5 Å². The number of pyridine rings is 1. The Morgan fingerprint density at radius 1 is 1.36 bits per heavy atom. The van der Waals surface area contributed by atoms with Gasteiger partial charge in [-0.2, -0.15) is 11.8 Å². The van der Waals surface area contributed by atoms with Crippen molar-refractivity contribution in [3.63, 3.8) is 0 Å². The van der Waals surface area contributed by atoms with Crippen molar-refractivity contribution >= 4 is 28.6 Å².